The largest absolute Gasteiger partial charge is 0.352 e. The number of hydrogen-bond donors (Lipinski definition) is 3. The molecule has 1 atom stereocenters. The van der Waals surface area contributed by atoms with Crippen LogP contribution in [-0.4, -0.2) is 27.4 Å². The molecule has 0 bridgehead atoms. The molecule has 1 fully saturated rings. The summed E-state index contributed by atoms with van der Waals surface area (Å²) >= 11 is 0. The molecule has 1 saturated heterocycles. The highest BCUT2D eigenvalue weighted by Crippen LogP contribution is 2.20. The van der Waals surface area contributed by atoms with Crippen LogP contribution in [0.15, 0.2) is 59.5 Å². The summed E-state index contributed by atoms with van der Waals surface area (Å²) in [5.74, 6) is 0.559. The third-order valence-electron chi connectivity index (χ3n) is 4.73. The Morgan fingerprint density at radius 3 is 2.56 bits per heavy atom. The van der Waals surface area contributed by atoms with Crippen LogP contribution < -0.4 is 15.4 Å². The van der Waals surface area contributed by atoms with Gasteiger partial charge in [0.15, 0.2) is 0 Å². The molecule has 7 heteroatoms. The van der Waals surface area contributed by atoms with Crippen LogP contribution in [0, 0.1) is 5.92 Å². The molecular formula is C20H25N3O3S. The van der Waals surface area contributed by atoms with Gasteiger partial charge in [0.25, 0.3) is 10.0 Å². The number of hydrogen-bond acceptors (Lipinski definition) is 4. The van der Waals surface area contributed by atoms with E-state index in [0.29, 0.717) is 18.0 Å². The molecule has 0 saturated carbocycles. The molecule has 144 valence electrons. The van der Waals surface area contributed by atoms with E-state index in [1.54, 1.807) is 42.5 Å². The number of anilines is 1. The van der Waals surface area contributed by atoms with E-state index in [9.17, 15) is 13.2 Å². The van der Waals surface area contributed by atoms with E-state index in [0.717, 1.165) is 31.5 Å². The van der Waals surface area contributed by atoms with Gasteiger partial charge >= 0.3 is 0 Å². The lowest BCUT2D eigenvalue weighted by atomic mass is 10.0. The lowest BCUT2D eigenvalue weighted by Gasteiger charge is -2.14. The summed E-state index contributed by atoms with van der Waals surface area (Å²) in [4.78, 5) is 12.3. The van der Waals surface area contributed by atoms with Gasteiger partial charge in [-0.2, -0.15) is 0 Å². The monoisotopic (exact) mass is 387 g/mol. The molecule has 3 rings (SSSR count). The molecular weight excluding hydrogens is 362 g/mol. The summed E-state index contributed by atoms with van der Waals surface area (Å²) in [6, 6.07) is 15.3. The quantitative estimate of drug-likeness (QED) is 0.649. The average molecular weight is 388 g/mol. The van der Waals surface area contributed by atoms with Crippen molar-refractivity contribution in [1.82, 2.24) is 10.6 Å². The summed E-state index contributed by atoms with van der Waals surface area (Å²) in [5.41, 5.74) is 1.20. The number of benzene rings is 2. The van der Waals surface area contributed by atoms with Crippen molar-refractivity contribution in [3.63, 3.8) is 0 Å². The first-order chi connectivity index (χ1) is 13.0. The predicted octanol–water partition coefficient (Wildman–Crippen LogP) is 2.49. The first-order valence-electron chi connectivity index (χ1n) is 9.18. The Balaban J connectivity index is 1.59. The molecule has 1 aliphatic heterocycles. The Hall–Kier alpha value is -2.38. The van der Waals surface area contributed by atoms with Crippen LogP contribution in [0.25, 0.3) is 0 Å². The SMILES string of the molecule is O=C(CCC1CCNC1)NCc1ccccc1NS(=O)(=O)c1ccccc1. The third-order valence-corrected chi connectivity index (χ3v) is 6.11. The molecule has 1 unspecified atom stereocenters. The molecule has 0 aromatic heterocycles. The number of nitrogens with one attached hydrogen (secondary N) is 3. The lowest BCUT2D eigenvalue weighted by Crippen LogP contribution is -2.24. The van der Waals surface area contributed by atoms with Gasteiger partial charge in [0, 0.05) is 13.0 Å². The van der Waals surface area contributed by atoms with Gasteiger partial charge in [0.2, 0.25) is 5.91 Å². The van der Waals surface area contributed by atoms with Crippen molar-refractivity contribution in [3.05, 3.63) is 60.2 Å². The molecule has 27 heavy (non-hydrogen) atoms. The number of para-hydroxylation sites is 1. The first-order valence-corrected chi connectivity index (χ1v) is 10.7. The lowest BCUT2D eigenvalue weighted by molar-refractivity contribution is -0.121. The number of carbonyl (C=O) groups is 1. The normalized spacial score (nSPS) is 16.8. The van der Waals surface area contributed by atoms with E-state index in [2.05, 4.69) is 15.4 Å². The fraction of sp³-hybridized carbons (Fsp3) is 0.350. The highest BCUT2D eigenvalue weighted by Gasteiger charge is 2.17. The summed E-state index contributed by atoms with van der Waals surface area (Å²) in [6.45, 7) is 2.30. The minimum Gasteiger partial charge on any atom is -0.352 e. The molecule has 0 spiro atoms. The van der Waals surface area contributed by atoms with Crippen molar-refractivity contribution in [2.24, 2.45) is 5.92 Å². The smallest absolute Gasteiger partial charge is 0.261 e. The van der Waals surface area contributed by atoms with E-state index >= 15 is 0 Å². The van der Waals surface area contributed by atoms with Gasteiger partial charge in [0.05, 0.1) is 10.6 Å². The zero-order valence-electron chi connectivity index (χ0n) is 15.1. The van der Waals surface area contributed by atoms with Gasteiger partial charge < -0.3 is 10.6 Å². The van der Waals surface area contributed by atoms with Crippen molar-refractivity contribution in [3.8, 4) is 0 Å². The van der Waals surface area contributed by atoms with Gasteiger partial charge in [-0.05, 0) is 55.6 Å². The molecule has 0 radical (unpaired) electrons. The predicted molar refractivity (Wildman–Crippen MR) is 106 cm³/mol. The van der Waals surface area contributed by atoms with Crippen molar-refractivity contribution in [2.45, 2.75) is 30.7 Å². The Kier molecular flexibility index (Phi) is 6.47. The first kappa shape index (κ1) is 19.4. The number of amides is 1. The van der Waals surface area contributed by atoms with Crippen molar-refractivity contribution in [2.75, 3.05) is 17.8 Å². The third kappa shape index (κ3) is 5.55. The van der Waals surface area contributed by atoms with Gasteiger partial charge in [-0.3, -0.25) is 9.52 Å². The Labute approximate surface area is 160 Å². The number of sulfonamides is 1. The molecule has 1 amide bonds. The average Bonchev–Trinajstić information content (AvgIpc) is 3.20. The zero-order valence-corrected chi connectivity index (χ0v) is 16.0. The van der Waals surface area contributed by atoms with Crippen LogP contribution in [0.5, 0.6) is 0 Å². The van der Waals surface area contributed by atoms with Gasteiger partial charge in [-0.25, -0.2) is 8.42 Å². The maximum Gasteiger partial charge on any atom is 0.261 e. The van der Waals surface area contributed by atoms with Crippen molar-refractivity contribution >= 4 is 21.6 Å². The number of carbonyl (C=O) groups excluding carboxylic acids is 1. The van der Waals surface area contributed by atoms with Crippen LogP contribution in [0.3, 0.4) is 0 Å². The molecule has 1 aliphatic rings. The summed E-state index contributed by atoms with van der Waals surface area (Å²) < 4.78 is 27.7. The second-order valence-corrected chi connectivity index (χ2v) is 8.43. The van der Waals surface area contributed by atoms with Crippen LogP contribution in [0.4, 0.5) is 5.69 Å². The highest BCUT2D eigenvalue weighted by atomic mass is 32.2. The summed E-state index contributed by atoms with van der Waals surface area (Å²) in [6.07, 6.45) is 2.49. The zero-order chi connectivity index (χ0) is 19.1. The topological polar surface area (TPSA) is 87.3 Å². The van der Waals surface area contributed by atoms with Gasteiger partial charge in [-0.15, -0.1) is 0 Å². The Bertz CT molecular complexity index is 863. The molecule has 3 N–H and O–H groups in total. The van der Waals surface area contributed by atoms with E-state index < -0.39 is 10.0 Å². The minimum absolute atomic E-state index is 0.0115. The maximum atomic E-state index is 12.5. The minimum atomic E-state index is -3.67. The van der Waals surface area contributed by atoms with E-state index in [1.165, 1.54) is 0 Å². The Morgan fingerprint density at radius 1 is 1.07 bits per heavy atom. The van der Waals surface area contributed by atoms with Crippen molar-refractivity contribution in [1.29, 1.82) is 0 Å². The van der Waals surface area contributed by atoms with E-state index in [-0.39, 0.29) is 17.3 Å². The second-order valence-electron chi connectivity index (χ2n) is 6.75. The fourth-order valence-corrected chi connectivity index (χ4v) is 4.28. The maximum absolute atomic E-state index is 12.5. The van der Waals surface area contributed by atoms with E-state index in [4.69, 9.17) is 0 Å². The van der Waals surface area contributed by atoms with E-state index in [1.807, 2.05) is 12.1 Å². The molecule has 6 nitrogen and oxygen atoms in total. The molecule has 2 aromatic carbocycles. The molecule has 1 heterocycles. The van der Waals surface area contributed by atoms with Gasteiger partial charge in [-0.1, -0.05) is 36.4 Å². The summed E-state index contributed by atoms with van der Waals surface area (Å²) in [5, 5.41) is 6.19. The number of rotatable bonds is 8. The highest BCUT2D eigenvalue weighted by molar-refractivity contribution is 7.92. The summed E-state index contributed by atoms with van der Waals surface area (Å²) in [7, 11) is -3.67. The van der Waals surface area contributed by atoms with Crippen LogP contribution in [0.1, 0.15) is 24.8 Å². The van der Waals surface area contributed by atoms with Crippen LogP contribution in [0.2, 0.25) is 0 Å². The van der Waals surface area contributed by atoms with Crippen LogP contribution >= 0.6 is 0 Å². The fourth-order valence-electron chi connectivity index (χ4n) is 3.16. The van der Waals surface area contributed by atoms with Crippen LogP contribution in [-0.2, 0) is 21.4 Å². The second kappa shape index (κ2) is 9.01. The van der Waals surface area contributed by atoms with Gasteiger partial charge in [0.1, 0.15) is 0 Å². The Morgan fingerprint density at radius 2 is 1.81 bits per heavy atom. The standard InChI is InChI=1S/C20H25N3O3S/c24-20(11-10-16-12-13-21-14-16)22-15-17-6-4-5-9-19(17)23-27(25,26)18-7-2-1-3-8-18/h1-9,16,21,23H,10-15H2,(H,22,24). The van der Waals surface area contributed by atoms with Crippen molar-refractivity contribution < 1.29 is 13.2 Å². The molecule has 2 aromatic rings. The molecule has 0 aliphatic carbocycles.